The number of nitrogens with zero attached hydrogens (tertiary/aromatic N) is 3. The van der Waals surface area contributed by atoms with E-state index in [0.29, 0.717) is 34.1 Å². The number of nitrogens with one attached hydrogen (secondary N) is 3. The lowest BCUT2D eigenvalue weighted by Crippen LogP contribution is -2.30. The lowest BCUT2D eigenvalue weighted by atomic mass is 10.1. The highest BCUT2D eigenvalue weighted by molar-refractivity contribution is 6.09. The number of anilines is 2. The molecule has 1 aliphatic rings. The van der Waals surface area contributed by atoms with E-state index in [1.165, 1.54) is 26.9 Å². The smallest absolute Gasteiger partial charge is 0.273 e. The van der Waals surface area contributed by atoms with Crippen LogP contribution in [-0.4, -0.2) is 55.3 Å². The van der Waals surface area contributed by atoms with Crippen LogP contribution in [0.25, 0.3) is 0 Å². The normalized spacial score (nSPS) is 13.5. The molecule has 1 saturated heterocycles. The van der Waals surface area contributed by atoms with E-state index in [1.54, 1.807) is 42.7 Å². The number of aromatic amines is 1. The number of H-pyrrole nitrogens is 1. The van der Waals surface area contributed by atoms with E-state index in [0.717, 1.165) is 31.6 Å². The van der Waals surface area contributed by atoms with Crippen LogP contribution in [-0.2, 0) is 0 Å². The number of aromatic nitrogens is 2. The van der Waals surface area contributed by atoms with Gasteiger partial charge in [0.15, 0.2) is 11.5 Å². The van der Waals surface area contributed by atoms with Crippen molar-refractivity contribution in [2.75, 3.05) is 37.5 Å². The Hall–Kier alpha value is -4.34. The van der Waals surface area contributed by atoms with Crippen molar-refractivity contribution in [3.8, 4) is 11.5 Å². The quantitative estimate of drug-likeness (QED) is 0.338. The third-order valence-corrected chi connectivity index (χ3v) is 5.74. The van der Waals surface area contributed by atoms with Crippen molar-refractivity contribution in [3.05, 3.63) is 65.7 Å². The Labute approximate surface area is 203 Å². The van der Waals surface area contributed by atoms with Crippen molar-refractivity contribution in [1.29, 1.82) is 0 Å². The van der Waals surface area contributed by atoms with Crippen LogP contribution < -0.4 is 25.1 Å². The number of rotatable bonds is 8. The fourth-order valence-corrected chi connectivity index (χ4v) is 3.91. The van der Waals surface area contributed by atoms with Crippen molar-refractivity contribution in [1.82, 2.24) is 15.4 Å². The molecule has 1 aliphatic heterocycles. The van der Waals surface area contributed by atoms with Gasteiger partial charge in [-0.1, -0.05) is 0 Å². The van der Waals surface area contributed by atoms with Crippen LogP contribution >= 0.6 is 0 Å². The molecule has 2 amide bonds. The van der Waals surface area contributed by atoms with E-state index in [9.17, 15) is 9.59 Å². The average Bonchev–Trinajstić information content (AvgIpc) is 3.42. The number of carbonyl (C=O) groups excluding carboxylic acids is 2. The third-order valence-electron chi connectivity index (χ3n) is 5.74. The molecule has 10 nitrogen and oxygen atoms in total. The van der Waals surface area contributed by atoms with Crippen molar-refractivity contribution in [3.63, 3.8) is 0 Å². The number of hydrazone groups is 1. The van der Waals surface area contributed by atoms with Crippen LogP contribution in [0.5, 0.6) is 11.5 Å². The van der Waals surface area contributed by atoms with Crippen LogP contribution in [0.15, 0.2) is 53.9 Å². The van der Waals surface area contributed by atoms with Gasteiger partial charge in [-0.15, -0.1) is 0 Å². The summed E-state index contributed by atoms with van der Waals surface area (Å²) in [6.07, 6.45) is 8.07. The largest absolute Gasteiger partial charge is 0.493 e. The monoisotopic (exact) mass is 476 g/mol. The molecule has 35 heavy (non-hydrogen) atoms. The number of ether oxygens (including phenoxy) is 2. The average molecular weight is 477 g/mol. The van der Waals surface area contributed by atoms with E-state index in [2.05, 4.69) is 30.7 Å². The molecule has 1 fully saturated rings. The highest BCUT2D eigenvalue weighted by Gasteiger charge is 2.19. The molecule has 182 valence electrons. The number of amides is 2. The van der Waals surface area contributed by atoms with Crippen molar-refractivity contribution in [2.45, 2.75) is 19.3 Å². The summed E-state index contributed by atoms with van der Waals surface area (Å²) in [6, 6.07) is 10.3. The topological polar surface area (TPSA) is 121 Å². The van der Waals surface area contributed by atoms with Crippen molar-refractivity contribution in [2.24, 2.45) is 5.10 Å². The molecule has 0 spiro atoms. The van der Waals surface area contributed by atoms with E-state index < -0.39 is 5.91 Å². The number of benzene rings is 2. The number of imidazole rings is 1. The maximum atomic E-state index is 13.1. The predicted octanol–water partition coefficient (Wildman–Crippen LogP) is 3.43. The molecule has 0 unspecified atom stereocenters. The van der Waals surface area contributed by atoms with Crippen LogP contribution in [0, 0.1) is 0 Å². The maximum Gasteiger partial charge on any atom is 0.273 e. The van der Waals surface area contributed by atoms with Gasteiger partial charge >= 0.3 is 0 Å². The Balaban J connectivity index is 1.59. The molecule has 0 radical (unpaired) electrons. The molecule has 4 rings (SSSR count). The van der Waals surface area contributed by atoms with E-state index in [-0.39, 0.29) is 5.91 Å². The summed E-state index contributed by atoms with van der Waals surface area (Å²) < 4.78 is 10.5. The second kappa shape index (κ2) is 11.2. The molecule has 1 aromatic heterocycles. The summed E-state index contributed by atoms with van der Waals surface area (Å²) in [4.78, 5) is 35.3. The Morgan fingerprint density at radius 1 is 1.03 bits per heavy atom. The molecular formula is C25H28N6O4. The van der Waals surface area contributed by atoms with Gasteiger partial charge in [-0.05, 0) is 55.7 Å². The first-order valence-corrected chi connectivity index (χ1v) is 11.3. The second-order valence-corrected chi connectivity index (χ2v) is 7.98. The van der Waals surface area contributed by atoms with Gasteiger partial charge in [0.2, 0.25) is 0 Å². The Morgan fingerprint density at radius 3 is 2.54 bits per heavy atom. The van der Waals surface area contributed by atoms with Crippen molar-refractivity contribution < 1.29 is 19.1 Å². The summed E-state index contributed by atoms with van der Waals surface area (Å²) in [5, 5.41) is 6.82. The number of hydrogen-bond acceptors (Lipinski definition) is 7. The predicted molar refractivity (Wildman–Crippen MR) is 134 cm³/mol. The summed E-state index contributed by atoms with van der Waals surface area (Å²) in [6.45, 7) is 1.85. The van der Waals surface area contributed by atoms with Gasteiger partial charge in [0, 0.05) is 36.7 Å². The first-order chi connectivity index (χ1) is 17.1. The van der Waals surface area contributed by atoms with E-state index in [4.69, 9.17) is 9.47 Å². The number of carbonyl (C=O) groups is 2. The zero-order valence-corrected chi connectivity index (χ0v) is 19.7. The second-order valence-electron chi connectivity index (χ2n) is 7.98. The molecule has 0 aliphatic carbocycles. The molecule has 0 saturated carbocycles. The number of hydrogen-bond donors (Lipinski definition) is 3. The minimum atomic E-state index is -0.450. The Bertz CT molecular complexity index is 1200. The minimum absolute atomic E-state index is 0.304. The summed E-state index contributed by atoms with van der Waals surface area (Å²) >= 11 is 0. The fourth-order valence-electron chi connectivity index (χ4n) is 3.91. The highest BCUT2D eigenvalue weighted by Crippen LogP contribution is 2.29. The van der Waals surface area contributed by atoms with Gasteiger partial charge in [-0.2, -0.15) is 5.10 Å². The zero-order valence-electron chi connectivity index (χ0n) is 19.7. The number of piperidine rings is 1. The first kappa shape index (κ1) is 23.8. The SMILES string of the molecule is COc1ccc(C(=O)Nc2ccc(N3CCCCC3)cc2C(=O)N/N=C\c2ncc[nH]2)cc1OC. The van der Waals surface area contributed by atoms with Gasteiger partial charge in [0.25, 0.3) is 11.8 Å². The van der Waals surface area contributed by atoms with Gasteiger partial charge < -0.3 is 24.7 Å². The fraction of sp³-hybridized carbons (Fsp3) is 0.280. The minimum Gasteiger partial charge on any atom is -0.493 e. The van der Waals surface area contributed by atoms with Crippen molar-refractivity contribution >= 4 is 29.4 Å². The lowest BCUT2D eigenvalue weighted by molar-refractivity contribution is 0.0956. The molecule has 10 heteroatoms. The molecule has 2 aromatic carbocycles. The van der Waals surface area contributed by atoms with E-state index >= 15 is 0 Å². The van der Waals surface area contributed by atoms with Crippen LogP contribution in [0.2, 0.25) is 0 Å². The molecule has 0 bridgehead atoms. The molecule has 3 aromatic rings. The van der Waals surface area contributed by atoms with Crippen LogP contribution in [0.1, 0.15) is 45.8 Å². The molecule has 3 N–H and O–H groups in total. The maximum absolute atomic E-state index is 13.1. The summed E-state index contributed by atoms with van der Waals surface area (Å²) in [7, 11) is 3.03. The first-order valence-electron chi connectivity index (χ1n) is 11.3. The third kappa shape index (κ3) is 5.78. The Morgan fingerprint density at radius 2 is 1.83 bits per heavy atom. The van der Waals surface area contributed by atoms with Crippen LogP contribution in [0.4, 0.5) is 11.4 Å². The van der Waals surface area contributed by atoms with Gasteiger partial charge in [0.05, 0.1) is 31.7 Å². The Kier molecular flexibility index (Phi) is 7.61. The van der Waals surface area contributed by atoms with Gasteiger partial charge in [-0.25, -0.2) is 10.4 Å². The molecule has 2 heterocycles. The summed E-state index contributed by atoms with van der Waals surface area (Å²) in [5.41, 5.74) is 4.48. The zero-order chi connectivity index (χ0) is 24.6. The molecular weight excluding hydrogens is 448 g/mol. The number of methoxy groups -OCH3 is 2. The lowest BCUT2D eigenvalue weighted by Gasteiger charge is -2.29. The highest BCUT2D eigenvalue weighted by atomic mass is 16.5. The van der Waals surface area contributed by atoms with Gasteiger partial charge in [0.1, 0.15) is 5.82 Å². The summed E-state index contributed by atoms with van der Waals surface area (Å²) in [5.74, 6) is 0.628. The standard InChI is InChI=1S/C25H28N6O4/c1-34-21-9-6-17(14-22(21)35-2)24(32)29-20-8-7-18(31-12-4-3-5-13-31)15-19(20)25(33)30-28-16-23-26-10-11-27-23/h6-11,14-16H,3-5,12-13H2,1-2H3,(H,26,27)(H,29,32)(H,30,33)/b28-16-. The van der Waals surface area contributed by atoms with Gasteiger partial charge in [-0.3, -0.25) is 9.59 Å². The van der Waals surface area contributed by atoms with E-state index in [1.807, 2.05) is 6.07 Å². The molecule has 0 atom stereocenters. The van der Waals surface area contributed by atoms with Crippen LogP contribution in [0.3, 0.4) is 0 Å².